The molecule has 11 nitrogen and oxygen atoms in total. The second-order valence-corrected chi connectivity index (χ2v) is 16.7. The molecular weight excluding hydrogens is 642 g/mol. The van der Waals surface area contributed by atoms with Crippen LogP contribution in [0.4, 0.5) is 8.78 Å². The highest BCUT2D eigenvalue weighted by Crippen LogP contribution is 2.62. The van der Waals surface area contributed by atoms with Crippen LogP contribution in [0.25, 0.3) is 0 Å². The molecular formula is C33H48F2O11S. The Morgan fingerprint density at radius 1 is 0.723 bits per heavy atom. The Kier molecular flexibility index (Phi) is 9.73. The molecule has 0 aromatic carbocycles. The van der Waals surface area contributed by atoms with Gasteiger partial charge in [0.2, 0.25) is 0 Å². The van der Waals surface area contributed by atoms with Gasteiger partial charge in [0, 0.05) is 0 Å². The molecule has 8 bridgehead atoms. The third-order valence-electron chi connectivity index (χ3n) is 12.7. The Labute approximate surface area is 274 Å². The van der Waals surface area contributed by atoms with Crippen LogP contribution >= 0.6 is 0 Å². The van der Waals surface area contributed by atoms with E-state index >= 15 is 0 Å². The summed E-state index contributed by atoms with van der Waals surface area (Å²) in [7, 11) is -6.08. The molecule has 0 aliphatic heterocycles. The van der Waals surface area contributed by atoms with Gasteiger partial charge >= 0.3 is 33.3 Å². The summed E-state index contributed by atoms with van der Waals surface area (Å²) < 4.78 is 86.2. The molecule has 0 heterocycles. The lowest BCUT2D eigenvalue weighted by Gasteiger charge is -2.60. The maximum absolute atomic E-state index is 13.8. The monoisotopic (exact) mass is 690 g/mol. The van der Waals surface area contributed by atoms with Gasteiger partial charge in [-0.2, -0.15) is 17.2 Å². The molecule has 1 N–H and O–H groups in total. The van der Waals surface area contributed by atoms with Crippen LogP contribution in [-0.2, 0) is 48.2 Å². The number of hydrogen-bond donors (Lipinski definition) is 1. The van der Waals surface area contributed by atoms with E-state index in [0.29, 0.717) is 48.3 Å². The second kappa shape index (κ2) is 13.1. The van der Waals surface area contributed by atoms with Crippen molar-refractivity contribution in [2.45, 2.75) is 113 Å². The number of alkyl halides is 2. The van der Waals surface area contributed by atoms with Crippen LogP contribution in [-0.4, -0.2) is 79.9 Å². The van der Waals surface area contributed by atoms with E-state index in [0.717, 1.165) is 51.4 Å². The summed E-state index contributed by atoms with van der Waals surface area (Å²) in [6.07, 6.45) is 10.7. The Hall–Kier alpha value is -1.90. The first kappa shape index (κ1) is 34.9. The first-order valence-corrected chi connectivity index (χ1v) is 18.8. The smallest absolute Gasteiger partial charge is 0.457 e. The average molecular weight is 691 g/mol. The van der Waals surface area contributed by atoms with Crippen molar-refractivity contribution < 1.29 is 59.8 Å². The lowest BCUT2D eigenvalue weighted by Crippen LogP contribution is -2.59. The highest BCUT2D eigenvalue weighted by molar-refractivity contribution is 7.87. The van der Waals surface area contributed by atoms with Gasteiger partial charge in [0.05, 0.1) is 6.61 Å². The van der Waals surface area contributed by atoms with E-state index < -0.39 is 77.0 Å². The van der Waals surface area contributed by atoms with Crippen LogP contribution in [0, 0.1) is 47.3 Å². The minimum Gasteiger partial charge on any atom is -0.457 e. The van der Waals surface area contributed by atoms with Gasteiger partial charge in [-0.15, -0.1) is 0 Å². The number of carbonyl (C=O) groups is 3. The molecule has 8 aliphatic carbocycles. The zero-order valence-electron chi connectivity index (χ0n) is 27.2. The van der Waals surface area contributed by atoms with Gasteiger partial charge in [0.1, 0.15) is 37.1 Å². The molecule has 8 rings (SSSR count). The van der Waals surface area contributed by atoms with E-state index in [1.807, 2.05) is 13.8 Å². The minimum absolute atomic E-state index is 0.266. The summed E-state index contributed by atoms with van der Waals surface area (Å²) in [5.41, 5.74) is -1.14. The van der Waals surface area contributed by atoms with E-state index in [9.17, 15) is 31.6 Å². The van der Waals surface area contributed by atoms with Crippen molar-refractivity contribution in [1.82, 2.24) is 0 Å². The van der Waals surface area contributed by atoms with E-state index in [4.69, 9.17) is 23.5 Å². The fourth-order valence-electron chi connectivity index (χ4n) is 11.0. The first-order chi connectivity index (χ1) is 22.2. The van der Waals surface area contributed by atoms with E-state index in [-0.39, 0.29) is 11.8 Å². The van der Waals surface area contributed by atoms with Crippen molar-refractivity contribution in [2.75, 3.05) is 26.4 Å². The minimum atomic E-state index is -6.08. The molecule has 0 aromatic heterocycles. The predicted octanol–water partition coefficient (Wildman–Crippen LogP) is 4.71. The van der Waals surface area contributed by atoms with Crippen molar-refractivity contribution in [3.63, 3.8) is 0 Å². The van der Waals surface area contributed by atoms with Crippen molar-refractivity contribution in [2.24, 2.45) is 47.3 Å². The van der Waals surface area contributed by atoms with Gasteiger partial charge in [-0.25, -0.2) is 14.4 Å². The molecule has 266 valence electrons. The van der Waals surface area contributed by atoms with Gasteiger partial charge in [-0.1, -0.05) is 13.8 Å². The molecule has 1 unspecified atom stereocenters. The molecule has 0 aromatic rings. The Bertz CT molecular complexity index is 1260. The van der Waals surface area contributed by atoms with E-state index in [1.54, 1.807) is 0 Å². The second-order valence-electron chi connectivity index (χ2n) is 15.2. The number of ether oxygens (including phenoxy) is 5. The lowest BCUT2D eigenvalue weighted by molar-refractivity contribution is -0.218. The fraction of sp³-hybridized carbons (Fsp3) is 0.909. The summed E-state index contributed by atoms with van der Waals surface area (Å²) in [5.74, 6) is 0.0678. The average Bonchev–Trinajstić information content (AvgIpc) is 3.00. The topological polar surface area (TPSA) is 152 Å². The summed E-state index contributed by atoms with van der Waals surface area (Å²) in [6, 6.07) is 0. The zero-order chi connectivity index (χ0) is 33.8. The molecule has 0 radical (unpaired) electrons. The van der Waals surface area contributed by atoms with Crippen molar-refractivity contribution in [3.8, 4) is 0 Å². The lowest BCUT2D eigenvalue weighted by atomic mass is 9.49. The number of carbonyl (C=O) groups excluding carboxylic acids is 3. The third kappa shape index (κ3) is 6.57. The fourth-order valence-corrected chi connectivity index (χ4v) is 11.3. The van der Waals surface area contributed by atoms with Crippen LogP contribution in [0.15, 0.2) is 0 Å². The quantitative estimate of drug-likeness (QED) is 0.145. The molecule has 1 atom stereocenters. The third-order valence-corrected chi connectivity index (χ3v) is 13.5. The van der Waals surface area contributed by atoms with Crippen LogP contribution in [0.3, 0.4) is 0 Å². The summed E-state index contributed by atoms with van der Waals surface area (Å²) in [4.78, 5) is 38.0. The predicted molar refractivity (Wildman–Crippen MR) is 160 cm³/mol. The van der Waals surface area contributed by atoms with Crippen molar-refractivity contribution in [1.29, 1.82) is 0 Å². The number of rotatable bonds is 15. The zero-order valence-corrected chi connectivity index (χ0v) is 28.0. The van der Waals surface area contributed by atoms with Gasteiger partial charge in [0.15, 0.2) is 0 Å². The molecule has 8 fully saturated rings. The normalized spacial score (nSPS) is 39.1. The molecule has 0 amide bonds. The molecule has 0 saturated heterocycles. The van der Waals surface area contributed by atoms with E-state index in [2.05, 4.69) is 4.74 Å². The van der Waals surface area contributed by atoms with Crippen LogP contribution < -0.4 is 0 Å². The van der Waals surface area contributed by atoms with Crippen LogP contribution in [0.5, 0.6) is 0 Å². The van der Waals surface area contributed by atoms with Crippen LogP contribution in [0.1, 0.15) is 90.9 Å². The number of halogens is 2. The number of esters is 3. The highest BCUT2D eigenvalue weighted by Gasteiger charge is 2.60. The standard InChI is InChI=1S/C33H48F2O11S/c1-3-31(23-7-19-5-20(9-23)10-24(31)8-19)45-28(36)17-42-15-27(16-44-30(38)33(34,35)47(39,40)41)43-18-29(37)46-32(4-2)25-11-21-6-22(13-25)14-26(32)12-21/h19-27H,3-18H2,1-2H3,(H,39,40,41). The Morgan fingerprint density at radius 3 is 1.51 bits per heavy atom. The molecule has 8 saturated carbocycles. The maximum Gasteiger partial charge on any atom is 0.465 e. The molecule has 8 aliphatic rings. The van der Waals surface area contributed by atoms with Gasteiger partial charge in [-0.05, 0) is 124 Å². The first-order valence-electron chi connectivity index (χ1n) is 17.3. The van der Waals surface area contributed by atoms with E-state index in [1.165, 1.54) is 12.8 Å². The summed E-state index contributed by atoms with van der Waals surface area (Å²) in [5, 5.41) is -5.21. The molecule has 14 heteroatoms. The summed E-state index contributed by atoms with van der Waals surface area (Å²) >= 11 is 0. The maximum atomic E-state index is 13.8. The molecule has 0 spiro atoms. The Morgan fingerprint density at radius 2 is 1.13 bits per heavy atom. The SMILES string of the molecule is CCC1(OC(=O)COCC(COC(=O)C(F)(F)S(=O)(=O)O)OCC(=O)OC2(CC)C3CC4CC(C3)CC2C4)C2CC3CC(C2)CC1C3. The highest BCUT2D eigenvalue weighted by atomic mass is 32.2. The summed E-state index contributed by atoms with van der Waals surface area (Å²) in [6.45, 7) is 1.54. The van der Waals surface area contributed by atoms with Gasteiger partial charge < -0.3 is 23.7 Å². The van der Waals surface area contributed by atoms with Crippen molar-refractivity contribution in [3.05, 3.63) is 0 Å². The van der Waals surface area contributed by atoms with Crippen molar-refractivity contribution >= 4 is 28.0 Å². The number of hydrogen-bond acceptors (Lipinski definition) is 10. The van der Waals surface area contributed by atoms with Crippen LogP contribution in [0.2, 0.25) is 0 Å². The largest absolute Gasteiger partial charge is 0.465 e. The van der Waals surface area contributed by atoms with Gasteiger partial charge in [0.25, 0.3) is 0 Å². The van der Waals surface area contributed by atoms with Gasteiger partial charge in [-0.3, -0.25) is 4.55 Å². The Balaban J connectivity index is 1.05. The molecule has 47 heavy (non-hydrogen) atoms.